The van der Waals surface area contributed by atoms with E-state index in [-0.39, 0.29) is 15.9 Å². The van der Waals surface area contributed by atoms with Crippen LogP contribution in [-0.2, 0) is 13.0 Å². The Kier molecular flexibility index (Phi) is 6.42. The number of H-pyrrole nitrogens is 1. The predicted molar refractivity (Wildman–Crippen MR) is 137 cm³/mol. The van der Waals surface area contributed by atoms with Crippen molar-refractivity contribution in [3.63, 3.8) is 0 Å². The zero-order valence-corrected chi connectivity index (χ0v) is 21.4. The third kappa shape index (κ3) is 4.66. The number of rotatable bonds is 4. The minimum absolute atomic E-state index is 0.0418. The maximum absolute atomic E-state index is 13.0. The molecule has 2 aliphatic heterocycles. The fourth-order valence-corrected chi connectivity index (χ4v) is 11.0. The van der Waals surface area contributed by atoms with Gasteiger partial charge in [-0.15, -0.1) is 0 Å². The number of aromatic amines is 1. The summed E-state index contributed by atoms with van der Waals surface area (Å²) in [5.74, 6) is -0.202. The van der Waals surface area contributed by atoms with E-state index in [0.29, 0.717) is 15.7 Å². The number of hydrogen-bond donors (Lipinski definition) is 3. The van der Waals surface area contributed by atoms with E-state index in [1.165, 1.54) is 16.2 Å². The van der Waals surface area contributed by atoms with Gasteiger partial charge in [-0.3, -0.25) is 0 Å². The number of carbonyl (C=O) groups excluding carboxylic acids is 2. The van der Waals surface area contributed by atoms with Gasteiger partial charge in [0, 0.05) is 0 Å². The summed E-state index contributed by atoms with van der Waals surface area (Å²) >= 11 is 5.64. The number of nitrogens with zero attached hydrogens (tertiary/aromatic N) is 2. The van der Waals surface area contributed by atoms with Gasteiger partial charge in [0.1, 0.15) is 0 Å². The van der Waals surface area contributed by atoms with Crippen LogP contribution in [0.3, 0.4) is 0 Å². The van der Waals surface area contributed by atoms with Crippen LogP contribution >= 0.6 is 43.0 Å². The third-order valence-electron chi connectivity index (χ3n) is 5.80. The van der Waals surface area contributed by atoms with Gasteiger partial charge in [-0.1, -0.05) is 0 Å². The van der Waals surface area contributed by atoms with E-state index >= 15 is 0 Å². The van der Waals surface area contributed by atoms with Gasteiger partial charge >= 0.3 is 204 Å². The summed E-state index contributed by atoms with van der Waals surface area (Å²) in [5.41, 5.74) is 2.46. The van der Waals surface area contributed by atoms with Crippen molar-refractivity contribution >= 4 is 65.7 Å². The van der Waals surface area contributed by atoms with E-state index in [1.54, 1.807) is 6.07 Å². The first kappa shape index (κ1) is 22.1. The molecule has 2 aliphatic rings. The number of fused-ring (bicyclic) bond motifs is 2. The van der Waals surface area contributed by atoms with Crippen molar-refractivity contribution in [1.29, 1.82) is 0 Å². The molecule has 1 fully saturated rings. The molecule has 10 heteroatoms. The number of halogens is 2. The molecule has 3 N–H and O–H groups in total. The van der Waals surface area contributed by atoms with Crippen LogP contribution in [0.15, 0.2) is 24.3 Å². The van der Waals surface area contributed by atoms with E-state index in [2.05, 4.69) is 30.8 Å². The molecule has 7 nitrogen and oxygen atoms in total. The van der Waals surface area contributed by atoms with Crippen LogP contribution in [-0.4, -0.2) is 48.8 Å². The Labute approximate surface area is 203 Å². The molecule has 0 radical (unpaired) electrons. The standard InChI is InChI=1S/C22H25ClIN5O2S/c1-29-9-7-16-18(12-29)32-22(26-16)21(31)28-24-8-3-2-4-19(24)27-20(30)17-11-13-10-14(23)5-6-15(13)25-17/h5-6,10-11,19,25H,2-4,7-9,12H2,1H3,(H,27,30)(H,28,31)/t19-/m0/s1. The molecule has 32 heavy (non-hydrogen) atoms. The summed E-state index contributed by atoms with van der Waals surface area (Å²) in [6.45, 7) is 1.83. The monoisotopic (exact) mass is 585 g/mol. The number of nitrogens with one attached hydrogen (secondary N) is 3. The molecule has 3 aromatic rings. The molecule has 0 unspecified atom stereocenters. The fourth-order valence-electron chi connectivity index (χ4n) is 4.09. The van der Waals surface area contributed by atoms with Gasteiger partial charge in [-0.25, -0.2) is 0 Å². The number of carbonyl (C=O) groups is 2. The first-order chi connectivity index (χ1) is 15.5. The SMILES string of the molecule is CN1CCc2nc(C(=O)NI3CCCC[C@@H]3NC(=O)c3cc4cc(Cl)ccc4[nH]3)sc2C1. The summed E-state index contributed by atoms with van der Waals surface area (Å²) in [7, 11) is 2.09. The van der Waals surface area contributed by atoms with Crippen LogP contribution in [0.5, 0.6) is 0 Å². The van der Waals surface area contributed by atoms with Gasteiger partial charge in [-0.2, -0.15) is 0 Å². The quantitative estimate of drug-likeness (QED) is 0.184. The topological polar surface area (TPSA) is 90.1 Å². The molecule has 1 atom stereocenters. The normalized spacial score (nSPS) is 20.2. The molecule has 5 rings (SSSR count). The summed E-state index contributed by atoms with van der Waals surface area (Å²) < 4.78 is 4.34. The second-order valence-corrected chi connectivity index (χ2v) is 15.1. The number of likely N-dealkylation sites (N-methyl/N-ethyl adjacent to an activating group) is 1. The average Bonchev–Trinajstić information content (AvgIpc) is 3.38. The zero-order valence-electron chi connectivity index (χ0n) is 17.7. The van der Waals surface area contributed by atoms with Crippen LogP contribution in [0.2, 0.25) is 5.02 Å². The molecule has 170 valence electrons. The molecule has 2 aromatic heterocycles. The average molecular weight is 586 g/mol. The van der Waals surface area contributed by atoms with E-state index in [0.717, 1.165) is 59.8 Å². The molecule has 0 spiro atoms. The van der Waals surface area contributed by atoms with Gasteiger partial charge < -0.3 is 0 Å². The summed E-state index contributed by atoms with van der Waals surface area (Å²) in [6, 6.07) is 7.35. The minimum atomic E-state index is -1.93. The molecule has 1 aromatic carbocycles. The summed E-state index contributed by atoms with van der Waals surface area (Å²) in [5, 5.41) is 5.31. The van der Waals surface area contributed by atoms with Crippen molar-refractivity contribution in [3.8, 4) is 0 Å². The van der Waals surface area contributed by atoms with Crippen molar-refractivity contribution < 1.29 is 9.59 Å². The number of thiazole rings is 1. The van der Waals surface area contributed by atoms with Crippen LogP contribution in [0.25, 0.3) is 10.9 Å². The fraction of sp³-hybridized carbons (Fsp3) is 0.409. The molecular weight excluding hydrogens is 561 g/mol. The maximum atomic E-state index is 13.0. The van der Waals surface area contributed by atoms with Crippen molar-refractivity contribution in [3.05, 3.63) is 50.6 Å². The number of alkyl halides is 2. The Morgan fingerprint density at radius 1 is 1.28 bits per heavy atom. The zero-order chi connectivity index (χ0) is 22.2. The van der Waals surface area contributed by atoms with E-state index in [4.69, 9.17) is 11.6 Å². The van der Waals surface area contributed by atoms with Gasteiger partial charge in [0.05, 0.1) is 0 Å². The van der Waals surface area contributed by atoms with Crippen molar-refractivity contribution in [2.75, 3.05) is 18.0 Å². The first-order valence-corrected chi connectivity index (χ1v) is 15.7. The Bertz CT molecular complexity index is 1180. The Balaban J connectivity index is 1.27. The Morgan fingerprint density at radius 2 is 2.16 bits per heavy atom. The molecule has 0 bridgehead atoms. The van der Waals surface area contributed by atoms with Gasteiger partial charge in [0.15, 0.2) is 0 Å². The van der Waals surface area contributed by atoms with Crippen molar-refractivity contribution in [2.45, 2.75) is 36.3 Å². The molecule has 0 saturated carbocycles. The Morgan fingerprint density at radius 3 is 3.03 bits per heavy atom. The van der Waals surface area contributed by atoms with E-state index < -0.39 is 20.1 Å². The van der Waals surface area contributed by atoms with Crippen LogP contribution in [0, 0.1) is 0 Å². The second-order valence-electron chi connectivity index (χ2n) is 8.24. The van der Waals surface area contributed by atoms with E-state index in [1.807, 2.05) is 18.2 Å². The summed E-state index contributed by atoms with van der Waals surface area (Å²) in [4.78, 5) is 37.2. The third-order valence-corrected chi connectivity index (χ3v) is 13.0. The predicted octanol–water partition coefficient (Wildman–Crippen LogP) is 4.36. The van der Waals surface area contributed by atoms with Crippen molar-refractivity contribution in [2.24, 2.45) is 0 Å². The molecular formula is C22H25ClIN5O2S. The second kappa shape index (κ2) is 9.28. The number of aromatic nitrogens is 2. The van der Waals surface area contributed by atoms with Gasteiger partial charge in [0.25, 0.3) is 0 Å². The van der Waals surface area contributed by atoms with E-state index in [9.17, 15) is 9.59 Å². The molecule has 2 amide bonds. The van der Waals surface area contributed by atoms with Crippen molar-refractivity contribution in [1.82, 2.24) is 23.7 Å². The number of benzene rings is 1. The van der Waals surface area contributed by atoms with Crippen LogP contribution in [0.4, 0.5) is 0 Å². The van der Waals surface area contributed by atoms with Gasteiger partial charge in [-0.05, 0) is 0 Å². The molecule has 4 heterocycles. The summed E-state index contributed by atoms with van der Waals surface area (Å²) in [6.07, 6.45) is 3.96. The number of amides is 2. The first-order valence-electron chi connectivity index (χ1n) is 10.7. The molecule has 1 saturated heterocycles. The molecule has 0 aliphatic carbocycles. The van der Waals surface area contributed by atoms with Crippen LogP contribution in [0.1, 0.15) is 50.1 Å². The van der Waals surface area contributed by atoms with Crippen LogP contribution < -0.4 is 8.85 Å². The Hall–Kier alpha value is -1.69. The van der Waals surface area contributed by atoms with Gasteiger partial charge in [0.2, 0.25) is 0 Å². The number of hydrogen-bond acceptors (Lipinski definition) is 5.